The van der Waals surface area contributed by atoms with Crippen molar-refractivity contribution >= 4 is 23.8 Å². The lowest BCUT2D eigenvalue weighted by atomic mass is 9.77. The van der Waals surface area contributed by atoms with Crippen LogP contribution in [0.1, 0.15) is 28.7 Å². The normalized spacial score (nSPS) is 21.5. The van der Waals surface area contributed by atoms with Crippen LogP contribution < -0.4 is 9.64 Å². The SMILES string of the molecule is O=C(Oc1cccc(F)c1)N1C(=O)C(C2C=Cc3ccccc3C2O)c2ccccc21. The molecule has 0 aromatic heterocycles. The summed E-state index contributed by atoms with van der Waals surface area (Å²) in [6, 6.07) is 19.6. The number of imide groups is 1. The third-order valence-corrected chi connectivity index (χ3v) is 5.75. The number of fused-ring (bicyclic) bond motifs is 2. The molecule has 0 radical (unpaired) electrons. The number of rotatable bonds is 2. The van der Waals surface area contributed by atoms with E-state index in [0.717, 1.165) is 22.1 Å². The van der Waals surface area contributed by atoms with E-state index in [2.05, 4.69) is 0 Å². The monoisotopic (exact) mass is 415 g/mol. The van der Waals surface area contributed by atoms with Gasteiger partial charge < -0.3 is 9.84 Å². The van der Waals surface area contributed by atoms with Crippen molar-refractivity contribution in [2.45, 2.75) is 12.0 Å². The number of amides is 2. The molecule has 5 rings (SSSR count). The molecule has 3 aromatic carbocycles. The summed E-state index contributed by atoms with van der Waals surface area (Å²) in [6.45, 7) is 0. The number of ether oxygens (including phenoxy) is 1. The first-order valence-electron chi connectivity index (χ1n) is 9.90. The molecule has 154 valence electrons. The molecule has 0 spiro atoms. The number of benzene rings is 3. The van der Waals surface area contributed by atoms with Crippen LogP contribution in [0.25, 0.3) is 6.08 Å². The summed E-state index contributed by atoms with van der Waals surface area (Å²) in [6.07, 6.45) is 1.88. The first-order valence-corrected chi connectivity index (χ1v) is 9.90. The highest BCUT2D eigenvalue weighted by Gasteiger charge is 2.47. The molecule has 0 saturated heterocycles. The number of anilines is 1. The van der Waals surface area contributed by atoms with Crippen molar-refractivity contribution in [3.63, 3.8) is 0 Å². The molecule has 3 unspecified atom stereocenters. The number of aliphatic hydroxyl groups is 1. The van der Waals surface area contributed by atoms with E-state index in [9.17, 15) is 19.1 Å². The molecule has 0 fully saturated rings. The van der Waals surface area contributed by atoms with Crippen LogP contribution in [0.15, 0.2) is 78.9 Å². The predicted octanol–water partition coefficient (Wildman–Crippen LogP) is 4.83. The summed E-state index contributed by atoms with van der Waals surface area (Å²) in [5.41, 5.74) is 2.67. The maximum absolute atomic E-state index is 13.5. The van der Waals surface area contributed by atoms with Crippen molar-refractivity contribution in [3.05, 3.63) is 101 Å². The molecule has 1 aliphatic heterocycles. The van der Waals surface area contributed by atoms with E-state index < -0.39 is 35.8 Å². The van der Waals surface area contributed by atoms with Crippen LogP contribution in [0.2, 0.25) is 0 Å². The molecule has 31 heavy (non-hydrogen) atoms. The van der Waals surface area contributed by atoms with Gasteiger partial charge in [-0.25, -0.2) is 14.1 Å². The quantitative estimate of drug-likeness (QED) is 0.651. The van der Waals surface area contributed by atoms with Crippen molar-refractivity contribution in [2.24, 2.45) is 5.92 Å². The van der Waals surface area contributed by atoms with Crippen molar-refractivity contribution in [1.82, 2.24) is 0 Å². The minimum atomic E-state index is -0.916. The Morgan fingerprint density at radius 2 is 1.71 bits per heavy atom. The summed E-state index contributed by atoms with van der Waals surface area (Å²) in [5.74, 6) is -2.34. The Bertz CT molecular complexity index is 1220. The topological polar surface area (TPSA) is 66.8 Å². The van der Waals surface area contributed by atoms with E-state index in [1.165, 1.54) is 18.2 Å². The third-order valence-electron chi connectivity index (χ3n) is 5.75. The van der Waals surface area contributed by atoms with E-state index in [1.54, 1.807) is 24.3 Å². The maximum atomic E-state index is 13.5. The summed E-state index contributed by atoms with van der Waals surface area (Å²) < 4.78 is 18.7. The molecule has 1 heterocycles. The van der Waals surface area contributed by atoms with Gasteiger partial charge in [-0.1, -0.05) is 60.7 Å². The van der Waals surface area contributed by atoms with Gasteiger partial charge in [-0.3, -0.25) is 4.79 Å². The van der Waals surface area contributed by atoms with E-state index in [0.29, 0.717) is 11.3 Å². The largest absolute Gasteiger partial charge is 0.426 e. The number of nitrogens with zero attached hydrogens (tertiary/aromatic N) is 1. The molecule has 2 amide bonds. The minimum Gasteiger partial charge on any atom is -0.410 e. The van der Waals surface area contributed by atoms with E-state index >= 15 is 0 Å². The van der Waals surface area contributed by atoms with Crippen molar-refractivity contribution in [1.29, 1.82) is 0 Å². The zero-order valence-corrected chi connectivity index (χ0v) is 16.3. The van der Waals surface area contributed by atoms with Gasteiger partial charge in [0.2, 0.25) is 5.91 Å². The zero-order chi connectivity index (χ0) is 21.5. The van der Waals surface area contributed by atoms with Crippen molar-refractivity contribution in [3.8, 4) is 5.75 Å². The van der Waals surface area contributed by atoms with Gasteiger partial charge in [0.15, 0.2) is 0 Å². The Morgan fingerprint density at radius 3 is 2.52 bits per heavy atom. The number of carbonyl (C=O) groups is 2. The number of halogens is 1. The van der Waals surface area contributed by atoms with Gasteiger partial charge in [0.05, 0.1) is 17.7 Å². The minimum absolute atomic E-state index is 0.00487. The fraction of sp³-hybridized carbons (Fsp3) is 0.120. The Balaban J connectivity index is 1.50. The molecule has 3 atom stereocenters. The second-order valence-corrected chi connectivity index (χ2v) is 7.55. The molecule has 3 aromatic rings. The molecule has 2 aliphatic rings. The van der Waals surface area contributed by atoms with E-state index in [-0.39, 0.29) is 5.75 Å². The summed E-state index contributed by atoms with van der Waals surface area (Å²) in [4.78, 5) is 27.3. The molecular formula is C25H18FNO4. The van der Waals surface area contributed by atoms with Gasteiger partial charge >= 0.3 is 6.09 Å². The van der Waals surface area contributed by atoms with Gasteiger partial charge in [0, 0.05) is 12.0 Å². The lowest BCUT2D eigenvalue weighted by Gasteiger charge is -2.29. The number of carbonyl (C=O) groups excluding carboxylic acids is 2. The van der Waals surface area contributed by atoms with Crippen molar-refractivity contribution in [2.75, 3.05) is 4.90 Å². The standard InChI is InChI=1S/C25H18FNO4/c26-16-7-5-8-17(14-16)31-25(30)27-21-11-4-3-10-19(21)22(24(27)29)20-13-12-15-6-1-2-9-18(15)23(20)28/h1-14,20,22-23,28H. The third kappa shape index (κ3) is 3.21. The van der Waals surface area contributed by atoms with E-state index in [4.69, 9.17) is 4.74 Å². The van der Waals surface area contributed by atoms with Crippen LogP contribution >= 0.6 is 0 Å². The Kier molecular flexibility index (Phi) is 4.64. The van der Waals surface area contributed by atoms with Gasteiger partial charge in [0.25, 0.3) is 0 Å². The number of aliphatic hydroxyl groups excluding tert-OH is 1. The lowest BCUT2D eigenvalue weighted by Crippen LogP contribution is -2.39. The average Bonchev–Trinajstić information content (AvgIpc) is 3.06. The van der Waals surface area contributed by atoms with Crippen LogP contribution in [-0.4, -0.2) is 17.1 Å². The molecule has 5 nitrogen and oxygen atoms in total. The fourth-order valence-electron chi connectivity index (χ4n) is 4.34. The van der Waals surface area contributed by atoms with Gasteiger partial charge in [-0.15, -0.1) is 0 Å². The summed E-state index contributed by atoms with van der Waals surface area (Å²) in [5, 5.41) is 11.0. The fourth-order valence-corrected chi connectivity index (χ4v) is 4.34. The van der Waals surface area contributed by atoms with Crippen LogP contribution in [0, 0.1) is 11.7 Å². The molecule has 0 bridgehead atoms. The van der Waals surface area contributed by atoms with Crippen molar-refractivity contribution < 1.29 is 23.8 Å². The first-order chi connectivity index (χ1) is 15.0. The molecule has 1 N–H and O–H groups in total. The zero-order valence-electron chi connectivity index (χ0n) is 16.3. The molecule has 6 heteroatoms. The summed E-state index contributed by atoms with van der Waals surface area (Å²) >= 11 is 0. The Morgan fingerprint density at radius 1 is 0.968 bits per heavy atom. The number of hydrogen-bond donors (Lipinski definition) is 1. The number of hydrogen-bond acceptors (Lipinski definition) is 4. The average molecular weight is 415 g/mol. The number of para-hydroxylation sites is 1. The Labute approximate surface area is 178 Å². The lowest BCUT2D eigenvalue weighted by molar-refractivity contribution is -0.120. The smallest absolute Gasteiger partial charge is 0.410 e. The molecule has 1 aliphatic carbocycles. The summed E-state index contributed by atoms with van der Waals surface area (Å²) in [7, 11) is 0. The highest BCUT2D eigenvalue weighted by atomic mass is 19.1. The van der Waals surface area contributed by atoms with Crippen LogP contribution in [0.5, 0.6) is 5.75 Å². The van der Waals surface area contributed by atoms with Gasteiger partial charge in [-0.05, 0) is 34.9 Å². The van der Waals surface area contributed by atoms with Gasteiger partial charge in [-0.2, -0.15) is 0 Å². The van der Waals surface area contributed by atoms with Crippen LogP contribution in [-0.2, 0) is 4.79 Å². The van der Waals surface area contributed by atoms with Gasteiger partial charge in [0.1, 0.15) is 11.6 Å². The molecule has 0 saturated carbocycles. The second-order valence-electron chi connectivity index (χ2n) is 7.55. The highest BCUT2D eigenvalue weighted by Crippen LogP contribution is 2.48. The second kappa shape index (κ2) is 7.49. The van der Waals surface area contributed by atoms with E-state index in [1.807, 2.05) is 36.4 Å². The highest BCUT2D eigenvalue weighted by molar-refractivity contribution is 6.19. The first kappa shape index (κ1) is 19.2. The molecular weight excluding hydrogens is 397 g/mol. The maximum Gasteiger partial charge on any atom is 0.426 e. The predicted molar refractivity (Wildman–Crippen MR) is 113 cm³/mol. The van der Waals surface area contributed by atoms with Crippen LogP contribution in [0.3, 0.4) is 0 Å². The Hall–Kier alpha value is -3.77. The van der Waals surface area contributed by atoms with Crippen LogP contribution in [0.4, 0.5) is 14.9 Å².